The number of benzene rings is 1. The normalized spacial score (nSPS) is 12.1. The molecule has 2 amide bonds. The Labute approximate surface area is 172 Å². The molecule has 31 heavy (non-hydrogen) atoms. The molecule has 1 heterocycles. The summed E-state index contributed by atoms with van der Waals surface area (Å²) < 4.78 is 87.5. The highest BCUT2D eigenvalue weighted by Crippen LogP contribution is 2.37. The Hall–Kier alpha value is -3.25. The topological polar surface area (TPSA) is 84.7 Å². The summed E-state index contributed by atoms with van der Waals surface area (Å²) in [7, 11) is 1.12. The number of anilines is 1. The molecule has 0 bridgehead atoms. The number of carbonyl (C=O) groups excluding carboxylic acids is 2. The first-order valence-corrected chi connectivity index (χ1v) is 8.62. The van der Waals surface area contributed by atoms with Crippen LogP contribution in [0.4, 0.5) is 36.8 Å². The van der Waals surface area contributed by atoms with Crippen molar-refractivity contribution >= 4 is 17.7 Å². The number of halogens is 6. The number of nitrogens with one attached hydrogen (secondary N) is 1. The van der Waals surface area contributed by atoms with Crippen molar-refractivity contribution in [3.8, 4) is 0 Å². The van der Waals surface area contributed by atoms with Gasteiger partial charge in [-0.25, -0.2) is 14.6 Å². The Kier molecular flexibility index (Phi) is 6.86. The zero-order chi connectivity index (χ0) is 23.6. The van der Waals surface area contributed by atoms with Crippen molar-refractivity contribution in [1.29, 1.82) is 0 Å². The van der Waals surface area contributed by atoms with Crippen LogP contribution in [0.2, 0.25) is 0 Å². The number of hydrogen-bond donors (Lipinski definition) is 1. The first-order chi connectivity index (χ1) is 14.2. The predicted molar refractivity (Wildman–Crippen MR) is 94.0 cm³/mol. The van der Waals surface area contributed by atoms with E-state index < -0.39 is 47.2 Å². The van der Waals surface area contributed by atoms with Crippen molar-refractivity contribution in [2.45, 2.75) is 38.8 Å². The molecule has 170 valence electrons. The Morgan fingerprint density at radius 2 is 1.65 bits per heavy atom. The van der Waals surface area contributed by atoms with Gasteiger partial charge in [0.1, 0.15) is 6.26 Å². The van der Waals surface area contributed by atoms with E-state index in [1.165, 1.54) is 0 Å². The van der Waals surface area contributed by atoms with Crippen LogP contribution in [0.3, 0.4) is 0 Å². The summed E-state index contributed by atoms with van der Waals surface area (Å²) in [6.07, 6.45) is -9.12. The molecule has 1 N–H and O–H groups in total. The minimum Gasteiger partial charge on any atom is -0.464 e. The van der Waals surface area contributed by atoms with E-state index in [4.69, 9.17) is 4.42 Å². The van der Waals surface area contributed by atoms with Gasteiger partial charge in [-0.15, -0.1) is 0 Å². The highest BCUT2D eigenvalue weighted by molar-refractivity contribution is 5.90. The summed E-state index contributed by atoms with van der Waals surface area (Å²) in [4.78, 5) is 28.9. The lowest BCUT2D eigenvalue weighted by molar-refractivity contribution is -0.143. The molecule has 13 heteroatoms. The van der Waals surface area contributed by atoms with E-state index in [0.29, 0.717) is 12.1 Å². The quantitative estimate of drug-likeness (QED) is 0.512. The van der Waals surface area contributed by atoms with Crippen molar-refractivity contribution in [1.82, 2.24) is 9.88 Å². The van der Waals surface area contributed by atoms with Crippen molar-refractivity contribution in [2.24, 2.45) is 0 Å². The molecule has 0 unspecified atom stereocenters. The SMILES string of the molecule is COC(=O)c1coc(CN(C(=O)Nc2cc(C(F)(F)F)cc(C(F)(F)F)c2)C(C)C)n1. The van der Waals surface area contributed by atoms with Gasteiger partial charge in [-0.2, -0.15) is 26.3 Å². The Balaban J connectivity index is 2.29. The number of hydrogen-bond acceptors (Lipinski definition) is 5. The number of aromatic nitrogens is 1. The highest BCUT2D eigenvalue weighted by atomic mass is 19.4. The minimum absolute atomic E-state index is 0.0447. The van der Waals surface area contributed by atoms with Gasteiger partial charge < -0.3 is 19.4 Å². The molecule has 0 saturated heterocycles. The van der Waals surface area contributed by atoms with E-state index in [9.17, 15) is 35.9 Å². The molecule has 0 fully saturated rings. The van der Waals surface area contributed by atoms with Crippen molar-refractivity contribution < 1.29 is 45.1 Å². The number of nitrogens with zero attached hydrogens (tertiary/aromatic N) is 2. The first kappa shape index (κ1) is 24.0. The van der Waals surface area contributed by atoms with Crippen LogP contribution in [0.5, 0.6) is 0 Å². The maximum atomic E-state index is 13.0. The van der Waals surface area contributed by atoms with Gasteiger partial charge in [0.25, 0.3) is 0 Å². The molecule has 0 radical (unpaired) electrons. The summed E-state index contributed by atoms with van der Waals surface area (Å²) in [5, 5.41) is 2.04. The third-order valence-corrected chi connectivity index (χ3v) is 3.98. The van der Waals surface area contributed by atoms with Crippen molar-refractivity contribution in [3.05, 3.63) is 47.2 Å². The second-order valence-electron chi connectivity index (χ2n) is 6.56. The number of rotatable bonds is 5. The number of carbonyl (C=O) groups is 2. The lowest BCUT2D eigenvalue weighted by Gasteiger charge is -2.26. The monoisotopic (exact) mass is 453 g/mol. The van der Waals surface area contributed by atoms with Crippen LogP contribution < -0.4 is 5.32 Å². The largest absolute Gasteiger partial charge is 0.464 e. The zero-order valence-corrected chi connectivity index (χ0v) is 16.4. The summed E-state index contributed by atoms with van der Waals surface area (Å²) in [6.45, 7) is 2.79. The minimum atomic E-state index is -5.05. The van der Waals surface area contributed by atoms with Gasteiger partial charge in [-0.3, -0.25) is 0 Å². The van der Waals surface area contributed by atoms with E-state index in [2.05, 4.69) is 9.72 Å². The fraction of sp³-hybridized carbons (Fsp3) is 0.389. The molecule has 1 aromatic carbocycles. The second-order valence-corrected chi connectivity index (χ2v) is 6.56. The Morgan fingerprint density at radius 3 is 2.10 bits per heavy atom. The molecule has 2 rings (SSSR count). The van der Waals surface area contributed by atoms with Gasteiger partial charge in [-0.05, 0) is 32.0 Å². The maximum Gasteiger partial charge on any atom is 0.416 e. The average Bonchev–Trinajstić information content (AvgIpc) is 3.12. The molecule has 0 spiro atoms. The fourth-order valence-corrected chi connectivity index (χ4v) is 2.44. The smallest absolute Gasteiger partial charge is 0.416 e. The van der Waals surface area contributed by atoms with E-state index in [0.717, 1.165) is 18.3 Å². The molecular weight excluding hydrogens is 436 g/mol. The summed E-state index contributed by atoms with van der Waals surface area (Å²) in [5.74, 6) is -0.886. The van der Waals surface area contributed by atoms with Crippen molar-refractivity contribution in [3.63, 3.8) is 0 Å². The number of ether oxygens (including phenoxy) is 1. The molecule has 0 aliphatic rings. The molecule has 0 aliphatic carbocycles. The van der Waals surface area contributed by atoms with Crippen LogP contribution in [-0.2, 0) is 23.6 Å². The van der Waals surface area contributed by atoms with Gasteiger partial charge >= 0.3 is 24.4 Å². The molecule has 0 atom stereocenters. The van der Waals surface area contributed by atoms with Crippen molar-refractivity contribution in [2.75, 3.05) is 12.4 Å². The molecular formula is C18H17F6N3O4. The standard InChI is InChI=1S/C18H17F6N3O4/c1-9(2)27(7-14-26-13(8-31-14)15(28)30-3)16(29)25-12-5-10(17(19,20)21)4-11(6-12)18(22,23)24/h4-6,8-9H,7H2,1-3H3,(H,25,29). The molecule has 0 aliphatic heterocycles. The van der Waals surface area contributed by atoms with E-state index >= 15 is 0 Å². The average molecular weight is 453 g/mol. The molecule has 7 nitrogen and oxygen atoms in total. The summed E-state index contributed by atoms with van der Waals surface area (Å²) >= 11 is 0. The third-order valence-electron chi connectivity index (χ3n) is 3.98. The van der Waals surface area contributed by atoms with Gasteiger partial charge in [-0.1, -0.05) is 0 Å². The number of oxazole rings is 1. The first-order valence-electron chi connectivity index (χ1n) is 8.62. The summed E-state index contributed by atoms with van der Waals surface area (Å²) in [6, 6.07) is -0.809. The van der Waals surface area contributed by atoms with Crippen LogP contribution in [0, 0.1) is 0 Å². The zero-order valence-electron chi connectivity index (χ0n) is 16.4. The number of amides is 2. The number of methoxy groups -OCH3 is 1. The number of alkyl halides is 6. The Morgan fingerprint density at radius 1 is 1.10 bits per heavy atom. The highest BCUT2D eigenvalue weighted by Gasteiger charge is 2.37. The number of urea groups is 1. The molecule has 0 saturated carbocycles. The molecule has 2 aromatic rings. The third kappa shape index (κ3) is 6.12. The van der Waals surface area contributed by atoms with E-state index in [1.807, 2.05) is 5.32 Å². The van der Waals surface area contributed by atoms with E-state index in [1.54, 1.807) is 13.8 Å². The van der Waals surface area contributed by atoms with Crippen LogP contribution >= 0.6 is 0 Å². The van der Waals surface area contributed by atoms with Gasteiger partial charge in [0.15, 0.2) is 5.69 Å². The number of esters is 1. The molecule has 1 aromatic heterocycles. The van der Waals surface area contributed by atoms with E-state index in [-0.39, 0.29) is 24.2 Å². The lowest BCUT2D eigenvalue weighted by atomic mass is 10.1. The van der Waals surface area contributed by atoms with Crippen LogP contribution in [0.1, 0.15) is 41.4 Å². The van der Waals surface area contributed by atoms with Crippen LogP contribution in [-0.4, -0.2) is 35.0 Å². The predicted octanol–water partition coefficient (Wildman–Crippen LogP) is 4.94. The fourth-order valence-electron chi connectivity index (χ4n) is 2.44. The maximum absolute atomic E-state index is 13.0. The second kappa shape index (κ2) is 8.86. The van der Waals surface area contributed by atoms with Gasteiger partial charge in [0, 0.05) is 11.7 Å². The lowest BCUT2D eigenvalue weighted by Crippen LogP contribution is -2.39. The van der Waals surface area contributed by atoms with Crippen LogP contribution in [0.25, 0.3) is 0 Å². The summed E-state index contributed by atoms with van der Waals surface area (Å²) in [5.41, 5.74) is -4.00. The Bertz CT molecular complexity index is 920. The van der Waals surface area contributed by atoms with Gasteiger partial charge in [0.2, 0.25) is 5.89 Å². The van der Waals surface area contributed by atoms with Gasteiger partial charge in [0.05, 0.1) is 24.8 Å². The van der Waals surface area contributed by atoms with Crippen LogP contribution in [0.15, 0.2) is 28.9 Å².